The van der Waals surface area contributed by atoms with Crippen molar-refractivity contribution in [2.24, 2.45) is 0 Å². The van der Waals surface area contributed by atoms with E-state index < -0.39 is 0 Å². The number of anilines is 1. The molecule has 0 saturated carbocycles. The molecule has 1 amide bonds. The Kier molecular flexibility index (Phi) is 5.87. The number of nitrogens with one attached hydrogen (secondary N) is 1. The molecule has 0 saturated heterocycles. The minimum absolute atomic E-state index is 0.0280. The van der Waals surface area contributed by atoms with Crippen molar-refractivity contribution in [3.63, 3.8) is 0 Å². The van der Waals surface area contributed by atoms with Gasteiger partial charge in [0.15, 0.2) is 6.04 Å². The molecule has 0 fully saturated rings. The summed E-state index contributed by atoms with van der Waals surface area (Å²) in [6.45, 7) is 1.93. The molecule has 0 aliphatic carbocycles. The third-order valence-corrected chi connectivity index (χ3v) is 5.22. The van der Waals surface area contributed by atoms with Crippen molar-refractivity contribution in [2.75, 3.05) is 5.32 Å². The van der Waals surface area contributed by atoms with Gasteiger partial charge >= 0.3 is 0 Å². The number of nitrogens with two attached hydrogens (primary N) is 1. The zero-order valence-electron chi connectivity index (χ0n) is 13.9. The van der Waals surface area contributed by atoms with E-state index in [-0.39, 0.29) is 18.0 Å². The third kappa shape index (κ3) is 4.69. The smallest absolute Gasteiger partial charge is 0.282 e. The second kappa shape index (κ2) is 8.30. The largest absolute Gasteiger partial charge is 0.326 e. The molecule has 2 aromatic carbocycles. The SMILES string of the molecule is C[C@H]([NH2+][C@@H](c1ccccc1)c1cccs1)C(=O)Nc1ccc(Cl)cc1. The van der Waals surface area contributed by atoms with Crippen LogP contribution in [0.1, 0.15) is 23.4 Å². The van der Waals surface area contributed by atoms with Crippen molar-refractivity contribution >= 4 is 34.5 Å². The third-order valence-electron chi connectivity index (χ3n) is 4.01. The van der Waals surface area contributed by atoms with Crippen LogP contribution in [0.25, 0.3) is 0 Å². The second-order valence-electron chi connectivity index (χ2n) is 5.88. The highest BCUT2D eigenvalue weighted by Crippen LogP contribution is 2.22. The van der Waals surface area contributed by atoms with Gasteiger partial charge in [-0.05, 0) is 42.6 Å². The summed E-state index contributed by atoms with van der Waals surface area (Å²) in [7, 11) is 0. The van der Waals surface area contributed by atoms with Crippen molar-refractivity contribution in [1.29, 1.82) is 0 Å². The molecule has 3 nitrogen and oxygen atoms in total. The first-order chi connectivity index (χ1) is 12.1. The highest BCUT2D eigenvalue weighted by Gasteiger charge is 2.25. The maximum absolute atomic E-state index is 12.6. The number of amides is 1. The number of benzene rings is 2. The Morgan fingerprint density at radius 1 is 1.04 bits per heavy atom. The van der Waals surface area contributed by atoms with Crippen LogP contribution < -0.4 is 10.6 Å². The molecule has 25 heavy (non-hydrogen) atoms. The first kappa shape index (κ1) is 17.7. The van der Waals surface area contributed by atoms with Crippen molar-refractivity contribution < 1.29 is 10.1 Å². The molecule has 0 spiro atoms. The Morgan fingerprint density at radius 2 is 1.76 bits per heavy atom. The quantitative estimate of drug-likeness (QED) is 0.673. The van der Waals surface area contributed by atoms with Gasteiger partial charge in [-0.25, -0.2) is 0 Å². The molecule has 1 heterocycles. The Labute approximate surface area is 156 Å². The van der Waals surface area contributed by atoms with Crippen LogP contribution in [0.15, 0.2) is 72.1 Å². The molecule has 3 aromatic rings. The highest BCUT2D eigenvalue weighted by molar-refractivity contribution is 7.10. The summed E-state index contributed by atoms with van der Waals surface area (Å²) >= 11 is 7.59. The molecule has 5 heteroatoms. The van der Waals surface area contributed by atoms with Crippen LogP contribution in [-0.2, 0) is 4.79 Å². The van der Waals surface area contributed by atoms with Gasteiger partial charge in [0.05, 0.1) is 4.88 Å². The molecule has 0 radical (unpaired) electrons. The van der Waals surface area contributed by atoms with Gasteiger partial charge in [0.2, 0.25) is 0 Å². The number of hydrogen-bond acceptors (Lipinski definition) is 2. The summed E-state index contributed by atoms with van der Waals surface area (Å²) < 4.78 is 0. The minimum atomic E-state index is -0.233. The van der Waals surface area contributed by atoms with E-state index in [0.717, 1.165) is 5.69 Å². The molecule has 0 bridgehead atoms. The van der Waals surface area contributed by atoms with Gasteiger partial charge < -0.3 is 10.6 Å². The van der Waals surface area contributed by atoms with Gasteiger partial charge in [-0.1, -0.05) is 48.0 Å². The standard InChI is InChI=1S/C20H19ClN2OS/c1-14(20(24)23-17-11-9-16(21)10-12-17)22-19(18-8-5-13-25-18)15-6-3-2-4-7-15/h2-14,19,22H,1H3,(H,23,24)/p+1/t14-,19-/m0/s1. The van der Waals surface area contributed by atoms with Crippen molar-refractivity contribution in [2.45, 2.75) is 19.0 Å². The molecular weight excluding hydrogens is 352 g/mol. The first-order valence-corrected chi connectivity index (χ1v) is 9.39. The lowest BCUT2D eigenvalue weighted by Gasteiger charge is -2.19. The van der Waals surface area contributed by atoms with Crippen LogP contribution in [0, 0.1) is 0 Å². The second-order valence-corrected chi connectivity index (χ2v) is 7.30. The van der Waals surface area contributed by atoms with E-state index in [2.05, 4.69) is 34.2 Å². The van der Waals surface area contributed by atoms with E-state index in [0.29, 0.717) is 5.02 Å². The summed E-state index contributed by atoms with van der Waals surface area (Å²) in [6, 6.07) is 21.4. The maximum atomic E-state index is 12.6. The van der Waals surface area contributed by atoms with E-state index in [9.17, 15) is 4.79 Å². The molecule has 0 aliphatic heterocycles. The normalized spacial score (nSPS) is 13.2. The number of quaternary nitrogens is 1. The zero-order chi connectivity index (χ0) is 17.6. The molecule has 3 rings (SSSR count). The van der Waals surface area contributed by atoms with Crippen LogP contribution in [0.5, 0.6) is 0 Å². The lowest BCUT2D eigenvalue weighted by molar-refractivity contribution is -0.703. The van der Waals surface area contributed by atoms with Crippen molar-refractivity contribution in [1.82, 2.24) is 0 Å². The molecule has 1 aromatic heterocycles. The monoisotopic (exact) mass is 371 g/mol. The van der Waals surface area contributed by atoms with Crippen molar-refractivity contribution in [3.8, 4) is 0 Å². The summed E-state index contributed by atoms with van der Waals surface area (Å²) in [5.41, 5.74) is 1.94. The van der Waals surface area contributed by atoms with Crippen LogP contribution in [0.3, 0.4) is 0 Å². The number of thiophene rings is 1. The predicted molar refractivity (Wildman–Crippen MR) is 104 cm³/mol. The zero-order valence-corrected chi connectivity index (χ0v) is 15.4. The molecule has 0 unspecified atom stereocenters. The van der Waals surface area contributed by atoms with Crippen molar-refractivity contribution in [3.05, 3.63) is 87.6 Å². The summed E-state index contributed by atoms with van der Waals surface area (Å²) in [6.07, 6.45) is 0. The number of hydrogen-bond donors (Lipinski definition) is 2. The maximum Gasteiger partial charge on any atom is 0.282 e. The van der Waals surface area contributed by atoms with Gasteiger partial charge in [-0.3, -0.25) is 4.79 Å². The fourth-order valence-electron chi connectivity index (χ4n) is 2.66. The molecular formula is C20H20ClN2OS+. The van der Waals surface area contributed by atoms with E-state index in [1.54, 1.807) is 35.6 Å². The highest BCUT2D eigenvalue weighted by atomic mass is 35.5. The summed E-state index contributed by atoms with van der Waals surface area (Å²) in [5, 5.41) is 7.77. The van der Waals surface area contributed by atoms with Crippen LogP contribution >= 0.6 is 22.9 Å². The number of rotatable bonds is 6. The van der Waals surface area contributed by atoms with Gasteiger partial charge in [0.25, 0.3) is 5.91 Å². The number of halogens is 1. The van der Waals surface area contributed by atoms with Crippen LogP contribution in [-0.4, -0.2) is 11.9 Å². The Bertz CT molecular complexity index is 803. The predicted octanol–water partition coefficient (Wildman–Crippen LogP) is 4.08. The van der Waals surface area contributed by atoms with Gasteiger partial charge in [-0.2, -0.15) is 0 Å². The van der Waals surface area contributed by atoms with Crippen LogP contribution in [0.4, 0.5) is 5.69 Å². The molecule has 128 valence electrons. The lowest BCUT2D eigenvalue weighted by atomic mass is 10.0. The lowest BCUT2D eigenvalue weighted by Crippen LogP contribution is -2.92. The first-order valence-electron chi connectivity index (χ1n) is 8.13. The summed E-state index contributed by atoms with van der Waals surface area (Å²) in [5.74, 6) is -0.0280. The van der Waals surface area contributed by atoms with Gasteiger partial charge in [0, 0.05) is 16.3 Å². The topological polar surface area (TPSA) is 45.7 Å². The fraction of sp³-hybridized carbons (Fsp3) is 0.150. The Hall–Kier alpha value is -2.14. The minimum Gasteiger partial charge on any atom is -0.326 e. The van der Waals surface area contributed by atoms with Gasteiger partial charge in [-0.15, -0.1) is 11.3 Å². The van der Waals surface area contributed by atoms with E-state index in [4.69, 9.17) is 11.6 Å². The van der Waals surface area contributed by atoms with Crippen LogP contribution in [0.2, 0.25) is 5.02 Å². The molecule has 2 atom stereocenters. The summed E-state index contributed by atoms with van der Waals surface area (Å²) in [4.78, 5) is 13.8. The Balaban J connectivity index is 1.72. The van der Waals surface area contributed by atoms with E-state index in [1.807, 2.05) is 31.2 Å². The van der Waals surface area contributed by atoms with E-state index >= 15 is 0 Å². The average Bonchev–Trinajstić information content (AvgIpc) is 3.16. The number of carbonyl (C=O) groups is 1. The molecule has 0 aliphatic rings. The van der Waals surface area contributed by atoms with E-state index in [1.165, 1.54) is 10.4 Å². The average molecular weight is 372 g/mol. The fourth-order valence-corrected chi connectivity index (χ4v) is 3.62. The molecule has 3 N–H and O–H groups in total. The number of carbonyl (C=O) groups excluding carboxylic acids is 1. The van der Waals surface area contributed by atoms with Gasteiger partial charge in [0.1, 0.15) is 6.04 Å². The Morgan fingerprint density at radius 3 is 2.40 bits per heavy atom.